The average Bonchev–Trinajstić information content (AvgIpc) is 2.50. The highest BCUT2D eigenvalue weighted by Crippen LogP contribution is 2.43. The molecule has 3 rings (SSSR count). The fraction of sp³-hybridized carbons (Fsp3) is 0.556. The lowest BCUT2D eigenvalue weighted by molar-refractivity contribution is 0.0156. The van der Waals surface area contributed by atoms with Gasteiger partial charge in [0.15, 0.2) is 0 Å². The summed E-state index contributed by atoms with van der Waals surface area (Å²) in [5.74, 6) is 0. The maximum atomic E-state index is 3.87. The van der Waals surface area contributed by atoms with Gasteiger partial charge in [-0.15, -0.1) is 6.58 Å². The van der Waals surface area contributed by atoms with Crippen molar-refractivity contribution in [3.05, 3.63) is 48.0 Å². The number of fused-ring (bicyclic) bond motifs is 2. The Labute approximate surface area is 123 Å². The molecular weight excluding hydrogens is 244 g/mol. The predicted octanol–water partition coefficient (Wildman–Crippen LogP) is 3.04. The number of hydrogen-bond donors (Lipinski definition) is 0. The van der Waals surface area contributed by atoms with Crippen molar-refractivity contribution < 1.29 is 0 Å². The summed E-state index contributed by atoms with van der Waals surface area (Å²) in [4.78, 5) is 5.25. The van der Waals surface area contributed by atoms with Crippen molar-refractivity contribution in [3.63, 3.8) is 0 Å². The van der Waals surface area contributed by atoms with E-state index < -0.39 is 0 Å². The van der Waals surface area contributed by atoms with Crippen LogP contribution >= 0.6 is 0 Å². The van der Waals surface area contributed by atoms with Crippen molar-refractivity contribution in [1.29, 1.82) is 0 Å². The second-order valence-electron chi connectivity index (χ2n) is 6.11. The molecule has 20 heavy (non-hydrogen) atoms. The SMILES string of the molecule is C=CCN1CCC2(CC1)c1ccccc1CCN2CC. The summed E-state index contributed by atoms with van der Waals surface area (Å²) in [7, 11) is 0. The lowest BCUT2D eigenvalue weighted by Crippen LogP contribution is -2.56. The second-order valence-corrected chi connectivity index (χ2v) is 6.11. The number of nitrogens with zero attached hydrogens (tertiary/aromatic N) is 2. The molecule has 0 bridgehead atoms. The Bertz CT molecular complexity index is 472. The zero-order valence-corrected chi connectivity index (χ0v) is 12.6. The van der Waals surface area contributed by atoms with Crippen LogP contribution in [0.15, 0.2) is 36.9 Å². The summed E-state index contributed by atoms with van der Waals surface area (Å²) < 4.78 is 0. The van der Waals surface area contributed by atoms with E-state index in [1.54, 1.807) is 11.1 Å². The minimum atomic E-state index is 0.293. The molecule has 0 aromatic heterocycles. The highest BCUT2D eigenvalue weighted by atomic mass is 15.2. The van der Waals surface area contributed by atoms with Crippen LogP contribution in [0, 0.1) is 0 Å². The van der Waals surface area contributed by atoms with Crippen molar-refractivity contribution in [2.45, 2.75) is 31.7 Å². The average molecular weight is 270 g/mol. The molecule has 0 atom stereocenters. The first kappa shape index (κ1) is 13.8. The highest BCUT2D eigenvalue weighted by Gasteiger charge is 2.43. The normalized spacial score (nSPS) is 22.6. The van der Waals surface area contributed by atoms with Crippen molar-refractivity contribution in [3.8, 4) is 0 Å². The molecule has 1 aromatic carbocycles. The van der Waals surface area contributed by atoms with E-state index in [0.29, 0.717) is 5.54 Å². The van der Waals surface area contributed by atoms with Crippen LogP contribution in [0.3, 0.4) is 0 Å². The summed E-state index contributed by atoms with van der Waals surface area (Å²) in [5, 5.41) is 0. The quantitative estimate of drug-likeness (QED) is 0.779. The van der Waals surface area contributed by atoms with Crippen LogP contribution in [0.1, 0.15) is 30.9 Å². The van der Waals surface area contributed by atoms with Crippen molar-refractivity contribution in [2.24, 2.45) is 0 Å². The molecule has 0 N–H and O–H groups in total. The van der Waals surface area contributed by atoms with Gasteiger partial charge in [-0.1, -0.05) is 37.3 Å². The van der Waals surface area contributed by atoms with Crippen LogP contribution in [0.2, 0.25) is 0 Å². The topological polar surface area (TPSA) is 6.48 Å². The first-order valence-corrected chi connectivity index (χ1v) is 7.97. The van der Waals surface area contributed by atoms with Crippen LogP contribution in [-0.4, -0.2) is 42.5 Å². The Morgan fingerprint density at radius 3 is 2.65 bits per heavy atom. The van der Waals surface area contributed by atoms with Crippen LogP contribution in [0.25, 0.3) is 0 Å². The number of likely N-dealkylation sites (tertiary alicyclic amines) is 1. The molecule has 0 unspecified atom stereocenters. The van der Waals surface area contributed by atoms with Crippen LogP contribution in [-0.2, 0) is 12.0 Å². The second kappa shape index (κ2) is 5.71. The number of piperidine rings is 1. The highest BCUT2D eigenvalue weighted by molar-refractivity contribution is 5.37. The van der Waals surface area contributed by atoms with Crippen LogP contribution < -0.4 is 0 Å². The third kappa shape index (κ3) is 2.21. The monoisotopic (exact) mass is 270 g/mol. The van der Waals surface area contributed by atoms with E-state index >= 15 is 0 Å². The molecule has 2 heterocycles. The molecule has 1 aromatic rings. The molecular formula is C18H26N2. The molecule has 0 aliphatic carbocycles. The molecule has 1 saturated heterocycles. The zero-order valence-electron chi connectivity index (χ0n) is 12.6. The fourth-order valence-corrected chi connectivity index (χ4v) is 4.17. The molecule has 2 aliphatic rings. The van der Waals surface area contributed by atoms with Gasteiger partial charge >= 0.3 is 0 Å². The molecule has 0 saturated carbocycles. The maximum absolute atomic E-state index is 3.87. The Balaban J connectivity index is 1.91. The summed E-state index contributed by atoms with van der Waals surface area (Å²) in [5.41, 5.74) is 3.47. The number of hydrogen-bond acceptors (Lipinski definition) is 2. The van der Waals surface area contributed by atoms with E-state index in [9.17, 15) is 0 Å². The van der Waals surface area contributed by atoms with Crippen LogP contribution in [0.5, 0.6) is 0 Å². The molecule has 1 fully saturated rings. The molecule has 1 spiro atoms. The van der Waals surface area contributed by atoms with Gasteiger partial charge in [-0.05, 0) is 36.9 Å². The lowest BCUT2D eigenvalue weighted by Gasteiger charge is -2.52. The third-order valence-corrected chi connectivity index (χ3v) is 5.23. The largest absolute Gasteiger partial charge is 0.300 e. The van der Waals surface area contributed by atoms with Gasteiger partial charge in [-0.2, -0.15) is 0 Å². The van der Waals surface area contributed by atoms with Gasteiger partial charge in [-0.3, -0.25) is 9.80 Å². The van der Waals surface area contributed by atoms with E-state index in [4.69, 9.17) is 0 Å². The minimum Gasteiger partial charge on any atom is -0.300 e. The number of likely N-dealkylation sites (N-methyl/N-ethyl adjacent to an activating group) is 1. The first-order valence-electron chi connectivity index (χ1n) is 7.97. The standard InChI is InChI=1S/C18H26N2/c1-3-12-19-14-10-18(11-15-19)17-8-6-5-7-16(17)9-13-20(18)4-2/h3,5-8H,1,4,9-15H2,2H3. The number of benzene rings is 1. The molecule has 2 aliphatic heterocycles. The van der Waals surface area contributed by atoms with Gasteiger partial charge in [0.25, 0.3) is 0 Å². The smallest absolute Gasteiger partial charge is 0.0487 e. The van der Waals surface area contributed by atoms with Gasteiger partial charge in [-0.25, -0.2) is 0 Å². The Morgan fingerprint density at radius 2 is 1.95 bits per heavy atom. The molecule has 0 radical (unpaired) electrons. The lowest BCUT2D eigenvalue weighted by atomic mass is 9.74. The van der Waals surface area contributed by atoms with Gasteiger partial charge in [0.1, 0.15) is 0 Å². The zero-order chi connectivity index (χ0) is 14.0. The van der Waals surface area contributed by atoms with Gasteiger partial charge in [0, 0.05) is 31.7 Å². The predicted molar refractivity (Wildman–Crippen MR) is 84.9 cm³/mol. The Hall–Kier alpha value is -1.12. The van der Waals surface area contributed by atoms with Crippen molar-refractivity contribution in [1.82, 2.24) is 9.80 Å². The maximum Gasteiger partial charge on any atom is 0.0487 e. The van der Waals surface area contributed by atoms with Gasteiger partial charge < -0.3 is 0 Å². The van der Waals surface area contributed by atoms with E-state index in [0.717, 1.165) is 13.1 Å². The van der Waals surface area contributed by atoms with E-state index in [2.05, 4.69) is 47.6 Å². The van der Waals surface area contributed by atoms with Crippen LogP contribution in [0.4, 0.5) is 0 Å². The number of rotatable bonds is 3. The molecule has 2 heteroatoms. The Kier molecular flexibility index (Phi) is 3.95. The van der Waals surface area contributed by atoms with E-state index in [1.165, 1.54) is 38.9 Å². The van der Waals surface area contributed by atoms with E-state index in [-0.39, 0.29) is 0 Å². The summed E-state index contributed by atoms with van der Waals surface area (Å²) >= 11 is 0. The molecule has 108 valence electrons. The Morgan fingerprint density at radius 1 is 1.20 bits per heavy atom. The summed E-state index contributed by atoms with van der Waals surface area (Å²) in [6, 6.07) is 9.12. The third-order valence-electron chi connectivity index (χ3n) is 5.23. The minimum absolute atomic E-state index is 0.293. The fourth-order valence-electron chi connectivity index (χ4n) is 4.17. The molecule has 0 amide bonds. The summed E-state index contributed by atoms with van der Waals surface area (Å²) in [6.07, 6.45) is 5.75. The van der Waals surface area contributed by atoms with Crippen molar-refractivity contribution >= 4 is 0 Å². The first-order chi connectivity index (χ1) is 9.80. The van der Waals surface area contributed by atoms with Crippen molar-refractivity contribution in [2.75, 3.05) is 32.7 Å². The molecule has 2 nitrogen and oxygen atoms in total. The van der Waals surface area contributed by atoms with Gasteiger partial charge in [0.2, 0.25) is 0 Å². The van der Waals surface area contributed by atoms with E-state index in [1.807, 2.05) is 6.08 Å². The summed E-state index contributed by atoms with van der Waals surface area (Å²) in [6.45, 7) is 12.0. The van der Waals surface area contributed by atoms with Gasteiger partial charge in [0.05, 0.1) is 0 Å².